The average Bonchev–Trinajstić information content (AvgIpc) is 3.59. The van der Waals surface area contributed by atoms with Crippen LogP contribution in [-0.4, -0.2) is 21.6 Å². The number of unbranched alkanes of at least 4 members (excludes halogenated alkanes) is 10. The van der Waals surface area contributed by atoms with Crippen LogP contribution in [-0.2, 0) is 35.2 Å². The SMILES string of the molecule is CCCCCCCCc1cc(-c2sccc2[S+](C)[O-])c(CCCCCCCC)cc1-c1sccc1[S+](C)[O-]. The number of hydrogen-bond acceptors (Lipinski definition) is 4. The van der Waals surface area contributed by atoms with Gasteiger partial charge in [0.1, 0.15) is 12.5 Å². The molecule has 2 nitrogen and oxygen atoms in total. The lowest BCUT2D eigenvalue weighted by molar-refractivity contribution is 0.600. The van der Waals surface area contributed by atoms with E-state index in [1.165, 1.54) is 99.3 Å². The van der Waals surface area contributed by atoms with Crippen molar-refractivity contribution in [3.8, 4) is 20.9 Å². The van der Waals surface area contributed by atoms with Gasteiger partial charge in [-0.2, -0.15) is 0 Å². The predicted molar refractivity (Wildman–Crippen MR) is 172 cm³/mol. The lowest BCUT2D eigenvalue weighted by Crippen LogP contribution is -2.02. The molecule has 0 bridgehead atoms. The summed E-state index contributed by atoms with van der Waals surface area (Å²) in [6.45, 7) is 4.53. The molecule has 0 amide bonds. The fourth-order valence-corrected chi connectivity index (χ4v) is 9.27. The Morgan fingerprint density at radius 2 is 0.947 bits per heavy atom. The Balaban J connectivity index is 2.00. The Hall–Kier alpha value is -0.760. The van der Waals surface area contributed by atoms with Crippen LogP contribution in [0.1, 0.15) is 102 Å². The second-order valence-electron chi connectivity index (χ2n) is 10.3. The quantitative estimate of drug-likeness (QED) is 0.109. The normalized spacial score (nSPS) is 13.2. The van der Waals surface area contributed by atoms with E-state index in [1.807, 2.05) is 12.1 Å². The lowest BCUT2D eigenvalue weighted by atomic mass is 9.91. The Bertz CT molecular complexity index is 997. The average molecular weight is 591 g/mol. The molecule has 0 saturated heterocycles. The fraction of sp³-hybridized carbons (Fsp3) is 0.562. The van der Waals surface area contributed by atoms with E-state index in [4.69, 9.17) is 0 Å². The summed E-state index contributed by atoms with van der Waals surface area (Å²) in [6.07, 6.45) is 20.8. The van der Waals surface area contributed by atoms with Crippen LogP contribution < -0.4 is 0 Å². The highest BCUT2D eigenvalue weighted by Crippen LogP contribution is 2.42. The van der Waals surface area contributed by atoms with Gasteiger partial charge < -0.3 is 9.11 Å². The highest BCUT2D eigenvalue weighted by Gasteiger charge is 2.23. The van der Waals surface area contributed by atoms with Gasteiger partial charge >= 0.3 is 0 Å². The molecule has 0 fully saturated rings. The van der Waals surface area contributed by atoms with Crippen molar-refractivity contribution in [2.24, 2.45) is 0 Å². The molecule has 2 unspecified atom stereocenters. The first-order chi connectivity index (χ1) is 18.5. The van der Waals surface area contributed by atoms with Crippen LogP contribution in [0.25, 0.3) is 20.9 Å². The third kappa shape index (κ3) is 9.14. The van der Waals surface area contributed by atoms with Crippen molar-refractivity contribution < 1.29 is 9.11 Å². The summed E-state index contributed by atoms with van der Waals surface area (Å²) >= 11 is 1.39. The molecule has 0 aliphatic heterocycles. The zero-order valence-electron chi connectivity index (χ0n) is 23.8. The summed E-state index contributed by atoms with van der Waals surface area (Å²) in [5, 5.41) is 4.17. The van der Waals surface area contributed by atoms with Gasteiger partial charge in [-0.1, -0.05) is 78.1 Å². The molecule has 2 atom stereocenters. The van der Waals surface area contributed by atoms with E-state index in [0.29, 0.717) is 0 Å². The molecule has 2 heterocycles. The second kappa shape index (κ2) is 17.1. The molecule has 0 aliphatic carbocycles. The van der Waals surface area contributed by atoms with Gasteiger partial charge in [-0.25, -0.2) is 0 Å². The first-order valence-corrected chi connectivity index (χ1v) is 19.3. The molecule has 3 rings (SSSR count). The van der Waals surface area contributed by atoms with E-state index in [-0.39, 0.29) is 0 Å². The minimum absolute atomic E-state index is 0.948. The maximum absolute atomic E-state index is 12.6. The van der Waals surface area contributed by atoms with Crippen LogP contribution in [0.4, 0.5) is 0 Å². The lowest BCUT2D eigenvalue weighted by Gasteiger charge is -2.18. The van der Waals surface area contributed by atoms with E-state index < -0.39 is 22.4 Å². The predicted octanol–water partition coefficient (Wildman–Crippen LogP) is 10.4. The van der Waals surface area contributed by atoms with Crippen LogP contribution in [0.2, 0.25) is 0 Å². The van der Waals surface area contributed by atoms with Crippen LogP contribution in [0.3, 0.4) is 0 Å². The molecule has 6 heteroatoms. The van der Waals surface area contributed by atoms with Gasteiger partial charge in [0.2, 0.25) is 0 Å². The van der Waals surface area contributed by atoms with E-state index in [9.17, 15) is 9.11 Å². The molecule has 0 radical (unpaired) electrons. The van der Waals surface area contributed by atoms with Crippen molar-refractivity contribution in [1.29, 1.82) is 0 Å². The van der Waals surface area contributed by atoms with E-state index >= 15 is 0 Å². The van der Waals surface area contributed by atoms with Crippen LogP contribution >= 0.6 is 22.7 Å². The van der Waals surface area contributed by atoms with Gasteiger partial charge in [-0.15, -0.1) is 22.7 Å². The number of hydrogen-bond donors (Lipinski definition) is 0. The molecule has 210 valence electrons. The molecule has 0 N–H and O–H groups in total. The molecule has 3 aromatic rings. The molecule has 0 spiro atoms. The first-order valence-electron chi connectivity index (χ1n) is 14.5. The zero-order chi connectivity index (χ0) is 27.3. The number of rotatable bonds is 18. The van der Waals surface area contributed by atoms with E-state index in [2.05, 4.69) is 36.7 Å². The van der Waals surface area contributed by atoms with Gasteiger partial charge in [0, 0.05) is 23.3 Å². The minimum atomic E-state index is -1.02. The maximum atomic E-state index is 12.6. The van der Waals surface area contributed by atoms with Crippen molar-refractivity contribution in [2.45, 2.75) is 114 Å². The zero-order valence-corrected chi connectivity index (χ0v) is 27.1. The van der Waals surface area contributed by atoms with Crippen molar-refractivity contribution in [3.05, 3.63) is 46.2 Å². The maximum Gasteiger partial charge on any atom is 0.171 e. The number of aryl methyl sites for hydroxylation is 2. The first kappa shape index (κ1) is 31.8. The third-order valence-electron chi connectivity index (χ3n) is 7.30. The largest absolute Gasteiger partial charge is 0.612 e. The third-order valence-corrected chi connectivity index (χ3v) is 11.4. The Morgan fingerprint density at radius 1 is 0.579 bits per heavy atom. The summed E-state index contributed by atoms with van der Waals surface area (Å²) in [5.74, 6) is 0. The van der Waals surface area contributed by atoms with Crippen LogP contribution in [0.15, 0.2) is 44.8 Å². The van der Waals surface area contributed by atoms with Gasteiger partial charge in [0.25, 0.3) is 0 Å². The molecular weight excluding hydrogens is 545 g/mol. The summed E-state index contributed by atoms with van der Waals surface area (Å²) in [5.41, 5.74) is 5.22. The summed E-state index contributed by atoms with van der Waals surface area (Å²) in [7, 11) is 0. The van der Waals surface area contributed by atoms with Gasteiger partial charge in [0.05, 0.1) is 9.75 Å². The van der Waals surface area contributed by atoms with Crippen LogP contribution in [0.5, 0.6) is 0 Å². The Morgan fingerprint density at radius 3 is 1.32 bits per heavy atom. The number of benzene rings is 1. The minimum Gasteiger partial charge on any atom is -0.612 e. The Labute approximate surface area is 246 Å². The fourth-order valence-electron chi connectivity index (χ4n) is 5.16. The molecule has 2 aromatic heterocycles. The molecule has 38 heavy (non-hydrogen) atoms. The highest BCUT2D eigenvalue weighted by atomic mass is 32.2. The molecular formula is C32H46O2S4. The summed E-state index contributed by atoms with van der Waals surface area (Å²) in [4.78, 5) is 4.22. The second-order valence-corrected chi connectivity index (χ2v) is 14.9. The monoisotopic (exact) mass is 590 g/mol. The Kier molecular flexibility index (Phi) is 14.3. The van der Waals surface area contributed by atoms with E-state index in [0.717, 1.165) is 32.4 Å². The van der Waals surface area contributed by atoms with Crippen molar-refractivity contribution in [2.75, 3.05) is 12.5 Å². The molecule has 1 aromatic carbocycles. The molecule has 0 saturated carbocycles. The van der Waals surface area contributed by atoms with Gasteiger partial charge in [-0.05, 0) is 82.1 Å². The van der Waals surface area contributed by atoms with Gasteiger partial charge in [0.15, 0.2) is 9.79 Å². The summed E-state index contributed by atoms with van der Waals surface area (Å²) in [6, 6.07) is 8.86. The summed E-state index contributed by atoms with van der Waals surface area (Å²) < 4.78 is 25.2. The number of thiophene rings is 2. The van der Waals surface area contributed by atoms with Gasteiger partial charge in [-0.3, -0.25) is 0 Å². The standard InChI is InChI=1S/C32H46O2S4/c1-5-7-9-11-13-15-17-25-23-28(32-30(38(4)34)20-22-36-32)26(18-16-14-12-10-8-6-2)24-27(25)31-29(37(3)33)19-21-35-31/h19-24H,5-18H2,1-4H3. The van der Waals surface area contributed by atoms with Crippen molar-refractivity contribution in [1.82, 2.24) is 0 Å². The smallest absolute Gasteiger partial charge is 0.171 e. The highest BCUT2D eigenvalue weighted by molar-refractivity contribution is 7.91. The van der Waals surface area contributed by atoms with Crippen molar-refractivity contribution in [3.63, 3.8) is 0 Å². The topological polar surface area (TPSA) is 46.1 Å². The van der Waals surface area contributed by atoms with Crippen LogP contribution in [0, 0.1) is 0 Å². The molecule has 0 aliphatic rings. The van der Waals surface area contributed by atoms with E-state index in [1.54, 1.807) is 35.2 Å². The van der Waals surface area contributed by atoms with Crippen molar-refractivity contribution >= 4 is 45.0 Å².